The van der Waals surface area contributed by atoms with Crippen molar-refractivity contribution in [3.05, 3.63) is 40.5 Å². The van der Waals surface area contributed by atoms with E-state index in [1.54, 1.807) is 11.6 Å². The molecule has 150 valence electrons. The molecule has 0 unspecified atom stereocenters. The average Bonchev–Trinajstić information content (AvgIpc) is 3.28. The number of methoxy groups -OCH3 is 1. The first-order chi connectivity index (χ1) is 13.6. The van der Waals surface area contributed by atoms with Gasteiger partial charge in [-0.3, -0.25) is 4.90 Å². The molecular weight excluding hydrogens is 374 g/mol. The van der Waals surface area contributed by atoms with E-state index in [4.69, 9.17) is 4.74 Å². The molecule has 2 aromatic heterocycles. The van der Waals surface area contributed by atoms with Crippen molar-refractivity contribution in [2.75, 3.05) is 39.8 Å². The Morgan fingerprint density at radius 2 is 2.00 bits per heavy atom. The van der Waals surface area contributed by atoms with Crippen LogP contribution in [-0.4, -0.2) is 69.3 Å². The van der Waals surface area contributed by atoms with E-state index in [0.29, 0.717) is 0 Å². The Balaban J connectivity index is 1.76. The van der Waals surface area contributed by atoms with Crippen LogP contribution in [0.25, 0.3) is 4.96 Å². The number of piperazine rings is 1. The Morgan fingerprint density at radius 1 is 1.21 bits per heavy atom. The van der Waals surface area contributed by atoms with Crippen LogP contribution in [-0.2, 0) is 6.42 Å². The largest absolute Gasteiger partial charge is 0.497 e. The van der Waals surface area contributed by atoms with Crippen molar-refractivity contribution < 1.29 is 9.84 Å². The number of ether oxygens (including phenoxy) is 1. The van der Waals surface area contributed by atoms with Crippen LogP contribution in [0.1, 0.15) is 36.2 Å². The van der Waals surface area contributed by atoms with Gasteiger partial charge < -0.3 is 14.7 Å². The van der Waals surface area contributed by atoms with Crippen LogP contribution in [0.4, 0.5) is 0 Å². The first kappa shape index (κ1) is 19.2. The first-order valence-corrected chi connectivity index (χ1v) is 10.6. The number of nitrogens with zero attached hydrogens (tertiary/aromatic N) is 5. The molecule has 4 rings (SSSR count). The topological polar surface area (TPSA) is 66.1 Å². The Hall–Kier alpha value is -2.16. The third-order valence-corrected chi connectivity index (χ3v) is 6.51. The second-order valence-electron chi connectivity index (χ2n) is 7.02. The van der Waals surface area contributed by atoms with Crippen molar-refractivity contribution in [3.8, 4) is 11.6 Å². The molecule has 1 N–H and O–H groups in total. The van der Waals surface area contributed by atoms with Gasteiger partial charge in [0, 0.05) is 32.6 Å². The number of aromatic nitrogens is 3. The zero-order valence-electron chi connectivity index (χ0n) is 16.6. The molecule has 0 radical (unpaired) electrons. The van der Waals surface area contributed by atoms with E-state index in [1.807, 2.05) is 19.1 Å². The van der Waals surface area contributed by atoms with E-state index in [9.17, 15) is 5.11 Å². The average molecular weight is 402 g/mol. The molecule has 1 aliphatic rings. The van der Waals surface area contributed by atoms with Crippen LogP contribution >= 0.6 is 11.3 Å². The van der Waals surface area contributed by atoms with Crippen molar-refractivity contribution in [3.63, 3.8) is 0 Å². The lowest BCUT2D eigenvalue weighted by Gasteiger charge is -2.38. The highest BCUT2D eigenvalue weighted by molar-refractivity contribution is 7.17. The molecular formula is C20H27N5O2S. The first-order valence-electron chi connectivity index (χ1n) is 9.82. The van der Waals surface area contributed by atoms with Gasteiger partial charge in [0.2, 0.25) is 10.8 Å². The summed E-state index contributed by atoms with van der Waals surface area (Å²) >= 11 is 1.52. The molecule has 7 nitrogen and oxygen atoms in total. The van der Waals surface area contributed by atoms with Gasteiger partial charge in [0.1, 0.15) is 5.75 Å². The Bertz CT molecular complexity index is 945. The minimum atomic E-state index is -0.0484. The summed E-state index contributed by atoms with van der Waals surface area (Å²) in [5.74, 6) is 1.77. The Kier molecular flexibility index (Phi) is 5.52. The van der Waals surface area contributed by atoms with Crippen molar-refractivity contribution in [1.29, 1.82) is 0 Å². The molecule has 1 aromatic carbocycles. The van der Waals surface area contributed by atoms with Crippen LogP contribution in [0.5, 0.6) is 11.6 Å². The highest BCUT2D eigenvalue weighted by atomic mass is 32.1. The van der Waals surface area contributed by atoms with E-state index in [1.165, 1.54) is 11.3 Å². The fourth-order valence-electron chi connectivity index (χ4n) is 3.80. The molecule has 1 aliphatic heterocycles. The maximum absolute atomic E-state index is 11.0. The lowest BCUT2D eigenvalue weighted by atomic mass is 10.0. The Labute approximate surface area is 169 Å². The van der Waals surface area contributed by atoms with Gasteiger partial charge in [0.05, 0.1) is 18.0 Å². The molecule has 8 heteroatoms. The highest BCUT2D eigenvalue weighted by Gasteiger charge is 2.31. The molecule has 28 heavy (non-hydrogen) atoms. The fourth-order valence-corrected chi connectivity index (χ4v) is 4.93. The zero-order chi connectivity index (χ0) is 19.7. The maximum Gasteiger partial charge on any atom is 0.230 e. The monoisotopic (exact) mass is 401 g/mol. The van der Waals surface area contributed by atoms with Crippen LogP contribution in [0, 0.1) is 0 Å². The minimum absolute atomic E-state index is 0.0484. The molecule has 1 saturated heterocycles. The van der Waals surface area contributed by atoms with Crippen molar-refractivity contribution in [2.24, 2.45) is 0 Å². The summed E-state index contributed by atoms with van der Waals surface area (Å²) in [7, 11) is 1.68. The van der Waals surface area contributed by atoms with E-state index in [2.05, 4.69) is 38.9 Å². The molecule has 0 amide bonds. The molecule has 3 aromatic rings. The number of rotatable bonds is 6. The Morgan fingerprint density at radius 3 is 2.64 bits per heavy atom. The number of hydrogen-bond acceptors (Lipinski definition) is 7. The minimum Gasteiger partial charge on any atom is -0.497 e. The van der Waals surface area contributed by atoms with E-state index in [-0.39, 0.29) is 11.9 Å². The third-order valence-electron chi connectivity index (χ3n) is 5.44. The van der Waals surface area contributed by atoms with Crippen molar-refractivity contribution in [2.45, 2.75) is 26.3 Å². The van der Waals surface area contributed by atoms with Gasteiger partial charge in [0.15, 0.2) is 5.82 Å². The smallest absolute Gasteiger partial charge is 0.230 e. The summed E-state index contributed by atoms with van der Waals surface area (Å²) < 4.78 is 7.03. The van der Waals surface area contributed by atoms with Gasteiger partial charge in [0.25, 0.3) is 0 Å². The van der Waals surface area contributed by atoms with Gasteiger partial charge >= 0.3 is 0 Å². The zero-order valence-corrected chi connectivity index (χ0v) is 17.4. The van der Waals surface area contributed by atoms with E-state index < -0.39 is 0 Å². The van der Waals surface area contributed by atoms with Crippen LogP contribution < -0.4 is 4.74 Å². The highest BCUT2D eigenvalue weighted by Crippen LogP contribution is 2.40. The predicted molar refractivity (Wildman–Crippen MR) is 110 cm³/mol. The van der Waals surface area contributed by atoms with Crippen LogP contribution in [0.3, 0.4) is 0 Å². The third kappa shape index (κ3) is 3.47. The molecule has 0 saturated carbocycles. The normalized spacial score (nSPS) is 17.2. The lowest BCUT2D eigenvalue weighted by molar-refractivity contribution is 0.113. The summed E-state index contributed by atoms with van der Waals surface area (Å²) in [6, 6.07) is 8.07. The molecule has 0 bridgehead atoms. The maximum atomic E-state index is 11.0. The second kappa shape index (κ2) is 8.06. The summed E-state index contributed by atoms with van der Waals surface area (Å²) in [5.41, 5.74) is 1.11. The summed E-state index contributed by atoms with van der Waals surface area (Å²) in [6.07, 6.45) is 0.751. The molecule has 1 fully saturated rings. The number of benzene rings is 1. The van der Waals surface area contributed by atoms with Crippen molar-refractivity contribution >= 4 is 16.3 Å². The van der Waals surface area contributed by atoms with Gasteiger partial charge in [-0.1, -0.05) is 37.3 Å². The van der Waals surface area contributed by atoms with Gasteiger partial charge in [-0.25, -0.2) is 4.98 Å². The predicted octanol–water partition coefficient (Wildman–Crippen LogP) is 2.79. The standard InChI is InChI=1S/C20H27N5O2S/c1-4-16-21-20-25(22-16)19(26)18(28-20)17(14-7-6-8-15(13-14)27-3)24-11-9-23(5-2)10-12-24/h6-8,13,17,26H,4-5,9-12H2,1-3H3/t17-/m0/s1. The number of thiazole rings is 1. The quantitative estimate of drug-likeness (QED) is 0.685. The van der Waals surface area contributed by atoms with E-state index >= 15 is 0 Å². The molecule has 0 spiro atoms. The number of aryl methyl sites for hydroxylation is 1. The van der Waals surface area contributed by atoms with Crippen LogP contribution in [0.2, 0.25) is 0 Å². The number of likely N-dealkylation sites (N-methyl/N-ethyl adjacent to an activating group) is 1. The van der Waals surface area contributed by atoms with Gasteiger partial charge in [-0.05, 0) is 24.2 Å². The SMILES string of the molecule is CCc1nc2sc([C@H](c3cccc(OC)c3)N3CCN(CC)CC3)c(O)n2n1. The molecule has 3 heterocycles. The fraction of sp³-hybridized carbons (Fsp3) is 0.500. The van der Waals surface area contributed by atoms with Gasteiger partial charge in [-0.2, -0.15) is 4.52 Å². The lowest BCUT2D eigenvalue weighted by Crippen LogP contribution is -2.47. The summed E-state index contributed by atoms with van der Waals surface area (Å²) in [4.78, 5) is 11.1. The number of aromatic hydroxyl groups is 1. The molecule has 0 aliphatic carbocycles. The molecule has 1 atom stereocenters. The van der Waals surface area contributed by atoms with Crippen LogP contribution in [0.15, 0.2) is 24.3 Å². The number of hydrogen-bond donors (Lipinski definition) is 1. The van der Waals surface area contributed by atoms with Gasteiger partial charge in [-0.15, -0.1) is 5.10 Å². The summed E-state index contributed by atoms with van der Waals surface area (Å²) in [6.45, 7) is 9.23. The number of fused-ring (bicyclic) bond motifs is 1. The second-order valence-corrected chi connectivity index (χ2v) is 8.02. The summed E-state index contributed by atoms with van der Waals surface area (Å²) in [5, 5.41) is 15.4. The van der Waals surface area contributed by atoms with Crippen molar-refractivity contribution in [1.82, 2.24) is 24.4 Å². The van der Waals surface area contributed by atoms with E-state index in [0.717, 1.165) is 66.1 Å².